The van der Waals surface area contributed by atoms with E-state index in [4.69, 9.17) is 22.9 Å². The van der Waals surface area contributed by atoms with E-state index >= 15 is 0 Å². The molecule has 0 aliphatic heterocycles. The van der Waals surface area contributed by atoms with Gasteiger partial charge in [0, 0.05) is 12.1 Å². The third-order valence-corrected chi connectivity index (χ3v) is 1.92. The van der Waals surface area contributed by atoms with Gasteiger partial charge in [-0.15, -0.1) is 0 Å². The summed E-state index contributed by atoms with van der Waals surface area (Å²) in [6, 6.07) is 0.345. The summed E-state index contributed by atoms with van der Waals surface area (Å²) in [4.78, 5) is 0. The molecule has 0 bridgehead atoms. The van der Waals surface area contributed by atoms with Crippen LogP contribution in [0.4, 0.5) is 0 Å². The molecule has 0 spiro atoms. The van der Waals surface area contributed by atoms with E-state index in [-0.39, 0.29) is 12.1 Å². The highest BCUT2D eigenvalue weighted by Gasteiger charge is 2.07. The number of nitrogens with two attached hydrogens (primary N) is 4. The molecule has 4 nitrogen and oxygen atoms in total. The molecule has 0 aliphatic rings. The van der Waals surface area contributed by atoms with Crippen LogP contribution in [0, 0.1) is 0 Å². The Labute approximate surface area is 74.7 Å². The Balaban J connectivity index is 3.33. The summed E-state index contributed by atoms with van der Waals surface area (Å²) in [6.45, 7) is 1.35. The van der Waals surface area contributed by atoms with Gasteiger partial charge in [0.1, 0.15) is 0 Å². The monoisotopic (exact) mass is 174 g/mol. The van der Waals surface area contributed by atoms with Gasteiger partial charge in [-0.2, -0.15) is 0 Å². The first kappa shape index (κ1) is 11.8. The summed E-state index contributed by atoms with van der Waals surface area (Å²) in [5.41, 5.74) is 22.3. The maximum absolute atomic E-state index is 5.81. The van der Waals surface area contributed by atoms with Crippen molar-refractivity contribution in [2.24, 2.45) is 22.9 Å². The highest BCUT2D eigenvalue weighted by molar-refractivity contribution is 4.70. The van der Waals surface area contributed by atoms with E-state index in [0.29, 0.717) is 13.1 Å². The molecule has 12 heavy (non-hydrogen) atoms. The maximum atomic E-state index is 5.81. The number of hydrogen-bond acceptors (Lipinski definition) is 4. The maximum Gasteiger partial charge on any atom is 0.00655 e. The minimum absolute atomic E-state index is 0.155. The smallest absolute Gasteiger partial charge is 0.00655 e. The van der Waals surface area contributed by atoms with Crippen LogP contribution in [-0.4, -0.2) is 25.2 Å². The lowest BCUT2D eigenvalue weighted by Crippen LogP contribution is -2.33. The molecule has 74 valence electrons. The van der Waals surface area contributed by atoms with Crippen LogP contribution in [0.2, 0.25) is 0 Å². The zero-order chi connectivity index (χ0) is 9.40. The quantitative estimate of drug-likeness (QED) is 0.402. The van der Waals surface area contributed by atoms with Crippen molar-refractivity contribution in [1.29, 1.82) is 0 Å². The molecular weight excluding hydrogens is 152 g/mol. The fourth-order valence-electron chi connectivity index (χ4n) is 1.22. The molecule has 4 heteroatoms. The second-order valence-corrected chi connectivity index (χ2v) is 3.26. The molecule has 0 radical (unpaired) electrons. The summed E-state index contributed by atoms with van der Waals surface area (Å²) in [5.74, 6) is 0. The molecule has 8 N–H and O–H groups in total. The van der Waals surface area contributed by atoms with E-state index in [2.05, 4.69) is 0 Å². The third-order valence-electron chi connectivity index (χ3n) is 1.92. The van der Waals surface area contributed by atoms with E-state index in [1.165, 1.54) is 0 Å². The van der Waals surface area contributed by atoms with Gasteiger partial charge in [-0.25, -0.2) is 0 Å². The topological polar surface area (TPSA) is 104 Å². The zero-order valence-corrected chi connectivity index (χ0v) is 7.71. The van der Waals surface area contributed by atoms with E-state index in [1.807, 2.05) is 0 Å². The summed E-state index contributed by atoms with van der Waals surface area (Å²) >= 11 is 0. The molecule has 0 aromatic rings. The van der Waals surface area contributed by atoms with Crippen LogP contribution in [0.15, 0.2) is 0 Å². The second-order valence-electron chi connectivity index (χ2n) is 3.26. The standard InChI is InChI=1S/C8H22N4/c9-4-1-2-7(11)6-8(12)3-5-10/h7-8H,1-6,9-12H2. The van der Waals surface area contributed by atoms with Gasteiger partial charge in [0.2, 0.25) is 0 Å². The van der Waals surface area contributed by atoms with Crippen LogP contribution in [0.25, 0.3) is 0 Å². The van der Waals surface area contributed by atoms with Gasteiger partial charge >= 0.3 is 0 Å². The van der Waals surface area contributed by atoms with Crippen molar-refractivity contribution in [3.63, 3.8) is 0 Å². The second kappa shape index (κ2) is 7.49. The van der Waals surface area contributed by atoms with Crippen molar-refractivity contribution < 1.29 is 0 Å². The molecule has 0 aliphatic carbocycles. The Kier molecular flexibility index (Phi) is 7.39. The molecule has 0 aromatic carbocycles. The zero-order valence-electron chi connectivity index (χ0n) is 7.71. The lowest BCUT2D eigenvalue weighted by Gasteiger charge is -2.15. The first-order valence-electron chi connectivity index (χ1n) is 4.62. The van der Waals surface area contributed by atoms with Crippen molar-refractivity contribution in [3.8, 4) is 0 Å². The molecule has 2 unspecified atom stereocenters. The first-order valence-corrected chi connectivity index (χ1v) is 4.62. The molecule has 0 rings (SSSR count). The Bertz CT molecular complexity index is 97.1. The fraction of sp³-hybridized carbons (Fsp3) is 1.00. The highest BCUT2D eigenvalue weighted by Crippen LogP contribution is 2.02. The van der Waals surface area contributed by atoms with Crippen LogP contribution in [0.5, 0.6) is 0 Å². The molecule has 0 saturated heterocycles. The Morgan fingerprint density at radius 1 is 0.833 bits per heavy atom. The van der Waals surface area contributed by atoms with Gasteiger partial charge in [0.15, 0.2) is 0 Å². The minimum Gasteiger partial charge on any atom is -0.330 e. The fourth-order valence-corrected chi connectivity index (χ4v) is 1.22. The van der Waals surface area contributed by atoms with Gasteiger partial charge in [-0.05, 0) is 38.8 Å². The van der Waals surface area contributed by atoms with E-state index in [9.17, 15) is 0 Å². The summed E-state index contributed by atoms with van der Waals surface area (Å²) in [6.07, 6.45) is 3.67. The minimum atomic E-state index is 0.155. The molecule has 0 amide bonds. The summed E-state index contributed by atoms with van der Waals surface area (Å²) in [5, 5.41) is 0. The Morgan fingerprint density at radius 3 is 1.92 bits per heavy atom. The normalized spacial score (nSPS) is 16.0. The molecule has 0 heterocycles. The van der Waals surface area contributed by atoms with Crippen LogP contribution >= 0.6 is 0 Å². The van der Waals surface area contributed by atoms with Crippen LogP contribution in [-0.2, 0) is 0 Å². The SMILES string of the molecule is NCCCC(N)CC(N)CCN. The van der Waals surface area contributed by atoms with Gasteiger partial charge in [-0.1, -0.05) is 0 Å². The lowest BCUT2D eigenvalue weighted by molar-refractivity contribution is 0.472. The van der Waals surface area contributed by atoms with Gasteiger partial charge < -0.3 is 22.9 Å². The van der Waals surface area contributed by atoms with Crippen LogP contribution < -0.4 is 22.9 Å². The third kappa shape index (κ3) is 6.54. The summed E-state index contributed by atoms with van der Waals surface area (Å²) < 4.78 is 0. The predicted molar refractivity (Wildman–Crippen MR) is 52.5 cm³/mol. The molecular formula is C8H22N4. The average Bonchev–Trinajstić information content (AvgIpc) is 2.01. The number of hydrogen-bond donors (Lipinski definition) is 4. The Hall–Kier alpha value is -0.160. The van der Waals surface area contributed by atoms with Gasteiger partial charge in [-0.3, -0.25) is 0 Å². The van der Waals surface area contributed by atoms with Gasteiger partial charge in [0.25, 0.3) is 0 Å². The van der Waals surface area contributed by atoms with Crippen molar-refractivity contribution >= 4 is 0 Å². The average molecular weight is 174 g/mol. The van der Waals surface area contributed by atoms with Crippen LogP contribution in [0.3, 0.4) is 0 Å². The molecule has 2 atom stereocenters. The first-order chi connectivity index (χ1) is 5.70. The number of rotatable bonds is 7. The molecule has 0 aromatic heterocycles. The van der Waals surface area contributed by atoms with Crippen molar-refractivity contribution in [2.45, 2.75) is 37.8 Å². The summed E-state index contributed by atoms with van der Waals surface area (Å²) in [7, 11) is 0. The van der Waals surface area contributed by atoms with Crippen molar-refractivity contribution in [1.82, 2.24) is 0 Å². The van der Waals surface area contributed by atoms with E-state index in [1.54, 1.807) is 0 Å². The molecule has 0 fully saturated rings. The lowest BCUT2D eigenvalue weighted by atomic mass is 10.0. The van der Waals surface area contributed by atoms with Crippen molar-refractivity contribution in [3.05, 3.63) is 0 Å². The molecule has 0 saturated carbocycles. The van der Waals surface area contributed by atoms with Gasteiger partial charge in [0.05, 0.1) is 0 Å². The Morgan fingerprint density at radius 2 is 1.42 bits per heavy atom. The predicted octanol–water partition coefficient (Wildman–Crippen LogP) is -0.881. The highest BCUT2D eigenvalue weighted by atomic mass is 14.7. The van der Waals surface area contributed by atoms with E-state index in [0.717, 1.165) is 25.7 Å². The van der Waals surface area contributed by atoms with Crippen LogP contribution in [0.1, 0.15) is 25.7 Å². The van der Waals surface area contributed by atoms with Crippen molar-refractivity contribution in [2.75, 3.05) is 13.1 Å². The van der Waals surface area contributed by atoms with E-state index < -0.39 is 0 Å². The largest absolute Gasteiger partial charge is 0.330 e.